The van der Waals surface area contributed by atoms with E-state index in [1.165, 1.54) is 6.07 Å². The first-order valence-corrected chi connectivity index (χ1v) is 4.51. The summed E-state index contributed by atoms with van der Waals surface area (Å²) in [4.78, 5) is 11.4. The molecule has 1 nitrogen and oxygen atoms in total. The third kappa shape index (κ3) is 1.26. The molecule has 1 aliphatic carbocycles. The molecule has 0 spiro atoms. The van der Waals surface area contributed by atoms with Gasteiger partial charge in [0.1, 0.15) is 5.82 Å². The van der Waals surface area contributed by atoms with E-state index in [9.17, 15) is 9.18 Å². The van der Waals surface area contributed by atoms with Crippen LogP contribution in [0.25, 0.3) is 0 Å². The smallest absolute Gasteiger partial charge is 0.163 e. The predicted molar refractivity (Wildman–Crippen MR) is 48.4 cm³/mol. The Bertz CT molecular complexity index is 369. The Morgan fingerprint density at radius 2 is 2.08 bits per heavy atom. The summed E-state index contributed by atoms with van der Waals surface area (Å²) in [6.45, 7) is 1.74. The number of fused-ring (bicyclic) bond motifs is 1. The molecular weight excluding hydrogens is 167 g/mol. The zero-order valence-corrected chi connectivity index (χ0v) is 7.56. The molecule has 0 atom stereocenters. The molecule has 0 fully saturated rings. The highest BCUT2D eigenvalue weighted by atomic mass is 19.1. The van der Waals surface area contributed by atoms with Crippen molar-refractivity contribution in [1.82, 2.24) is 0 Å². The first-order chi connectivity index (χ1) is 6.20. The lowest BCUT2D eigenvalue weighted by molar-refractivity contribution is 0.0972. The average Bonchev–Trinajstić information content (AvgIpc) is 2.12. The molecular formula is C11H11FO. The van der Waals surface area contributed by atoms with E-state index in [-0.39, 0.29) is 11.6 Å². The average molecular weight is 178 g/mol. The molecule has 0 radical (unpaired) electrons. The van der Waals surface area contributed by atoms with Crippen molar-refractivity contribution in [3.63, 3.8) is 0 Å². The van der Waals surface area contributed by atoms with Crippen LogP contribution in [0.2, 0.25) is 0 Å². The van der Waals surface area contributed by atoms with E-state index >= 15 is 0 Å². The van der Waals surface area contributed by atoms with Crippen molar-refractivity contribution in [2.75, 3.05) is 0 Å². The van der Waals surface area contributed by atoms with Crippen molar-refractivity contribution >= 4 is 5.78 Å². The van der Waals surface area contributed by atoms with Crippen molar-refractivity contribution < 1.29 is 9.18 Å². The Labute approximate surface area is 76.6 Å². The van der Waals surface area contributed by atoms with Crippen LogP contribution in [-0.2, 0) is 6.42 Å². The molecule has 1 aliphatic rings. The van der Waals surface area contributed by atoms with Gasteiger partial charge < -0.3 is 0 Å². The fraction of sp³-hybridized carbons (Fsp3) is 0.364. The zero-order chi connectivity index (χ0) is 9.42. The molecule has 0 heterocycles. The van der Waals surface area contributed by atoms with Crippen molar-refractivity contribution in [2.45, 2.75) is 26.2 Å². The maximum Gasteiger partial charge on any atom is 0.163 e. The number of halogens is 1. The molecule has 2 heteroatoms. The fourth-order valence-corrected chi connectivity index (χ4v) is 1.87. The van der Waals surface area contributed by atoms with E-state index in [0.717, 1.165) is 24.0 Å². The Balaban J connectivity index is 2.63. The number of benzene rings is 1. The Morgan fingerprint density at radius 3 is 2.85 bits per heavy atom. The van der Waals surface area contributed by atoms with Crippen LogP contribution in [-0.4, -0.2) is 5.78 Å². The molecule has 0 aliphatic heterocycles. The highest BCUT2D eigenvalue weighted by Gasteiger charge is 2.19. The second-order valence-electron chi connectivity index (χ2n) is 3.48. The van der Waals surface area contributed by atoms with E-state index in [1.807, 2.05) is 0 Å². The third-order valence-corrected chi connectivity index (χ3v) is 2.66. The van der Waals surface area contributed by atoms with Crippen LogP contribution in [0.15, 0.2) is 12.1 Å². The molecule has 0 bridgehead atoms. The van der Waals surface area contributed by atoms with Crippen molar-refractivity contribution in [1.29, 1.82) is 0 Å². The van der Waals surface area contributed by atoms with Gasteiger partial charge in [0.05, 0.1) is 0 Å². The normalized spacial score (nSPS) is 15.7. The summed E-state index contributed by atoms with van der Waals surface area (Å²) in [5, 5.41) is 0. The van der Waals surface area contributed by atoms with Gasteiger partial charge in [0.2, 0.25) is 0 Å². The second-order valence-corrected chi connectivity index (χ2v) is 3.48. The molecule has 1 aromatic rings. The molecule has 0 amide bonds. The van der Waals surface area contributed by atoms with E-state index in [0.29, 0.717) is 12.0 Å². The fourth-order valence-electron chi connectivity index (χ4n) is 1.87. The first-order valence-electron chi connectivity index (χ1n) is 4.51. The van der Waals surface area contributed by atoms with Crippen LogP contribution in [0.5, 0.6) is 0 Å². The van der Waals surface area contributed by atoms with Crippen LogP contribution < -0.4 is 0 Å². The number of ketones is 1. The standard InChI is InChI=1S/C11H11FO/c1-7-8-3-2-4-11(13)9(8)5-6-10(7)12/h5-6H,2-4H2,1H3. The summed E-state index contributed by atoms with van der Waals surface area (Å²) in [5.74, 6) is -0.0437. The second kappa shape index (κ2) is 2.95. The summed E-state index contributed by atoms with van der Waals surface area (Å²) in [6, 6.07) is 3.00. The minimum Gasteiger partial charge on any atom is -0.294 e. The summed E-state index contributed by atoms with van der Waals surface area (Å²) >= 11 is 0. The van der Waals surface area contributed by atoms with Gasteiger partial charge in [-0.1, -0.05) is 0 Å². The van der Waals surface area contributed by atoms with Crippen LogP contribution in [0.1, 0.15) is 34.3 Å². The number of rotatable bonds is 0. The lowest BCUT2D eigenvalue weighted by Gasteiger charge is -2.16. The Kier molecular flexibility index (Phi) is 1.91. The van der Waals surface area contributed by atoms with Crippen LogP contribution in [0.3, 0.4) is 0 Å². The topological polar surface area (TPSA) is 17.1 Å². The summed E-state index contributed by atoms with van der Waals surface area (Å²) in [7, 11) is 0. The van der Waals surface area contributed by atoms with Gasteiger partial charge >= 0.3 is 0 Å². The number of Topliss-reactive ketones (excluding diaryl/α,β-unsaturated/α-hetero) is 1. The van der Waals surface area contributed by atoms with Gasteiger partial charge in [-0.3, -0.25) is 4.79 Å². The molecule has 0 saturated carbocycles. The van der Waals surface area contributed by atoms with E-state index < -0.39 is 0 Å². The van der Waals surface area contributed by atoms with Crippen LogP contribution >= 0.6 is 0 Å². The Morgan fingerprint density at radius 1 is 1.31 bits per heavy atom. The number of carbonyl (C=O) groups is 1. The van der Waals surface area contributed by atoms with Gasteiger partial charge in [-0.05, 0) is 43.0 Å². The quantitative estimate of drug-likeness (QED) is 0.597. The van der Waals surface area contributed by atoms with Crippen molar-refractivity contribution in [2.24, 2.45) is 0 Å². The highest BCUT2D eigenvalue weighted by molar-refractivity contribution is 5.98. The van der Waals surface area contributed by atoms with Crippen molar-refractivity contribution in [3.05, 3.63) is 34.6 Å². The SMILES string of the molecule is Cc1c(F)ccc2c1CCCC2=O. The minimum atomic E-state index is -0.201. The van der Waals surface area contributed by atoms with E-state index in [4.69, 9.17) is 0 Å². The first kappa shape index (κ1) is 8.42. The molecule has 13 heavy (non-hydrogen) atoms. The number of hydrogen-bond donors (Lipinski definition) is 0. The third-order valence-electron chi connectivity index (χ3n) is 2.66. The van der Waals surface area contributed by atoms with Gasteiger partial charge in [-0.15, -0.1) is 0 Å². The Hall–Kier alpha value is -1.18. The molecule has 0 unspecified atom stereocenters. The van der Waals surface area contributed by atoms with Gasteiger partial charge in [0.15, 0.2) is 5.78 Å². The molecule has 0 saturated heterocycles. The molecule has 68 valence electrons. The van der Waals surface area contributed by atoms with E-state index in [2.05, 4.69) is 0 Å². The largest absolute Gasteiger partial charge is 0.294 e. The lowest BCUT2D eigenvalue weighted by atomic mass is 9.88. The van der Waals surface area contributed by atoms with Crippen LogP contribution in [0.4, 0.5) is 4.39 Å². The van der Waals surface area contributed by atoms with Gasteiger partial charge in [0, 0.05) is 12.0 Å². The molecule has 2 rings (SSSR count). The van der Waals surface area contributed by atoms with Gasteiger partial charge in [0.25, 0.3) is 0 Å². The lowest BCUT2D eigenvalue weighted by Crippen LogP contribution is -2.12. The molecule has 1 aromatic carbocycles. The van der Waals surface area contributed by atoms with Gasteiger partial charge in [-0.2, -0.15) is 0 Å². The van der Waals surface area contributed by atoms with Crippen molar-refractivity contribution in [3.8, 4) is 0 Å². The number of carbonyl (C=O) groups excluding carboxylic acids is 1. The zero-order valence-electron chi connectivity index (χ0n) is 7.56. The molecule has 0 N–H and O–H groups in total. The molecule has 0 aromatic heterocycles. The maximum absolute atomic E-state index is 13.1. The minimum absolute atomic E-state index is 0.157. The van der Waals surface area contributed by atoms with E-state index in [1.54, 1.807) is 13.0 Å². The van der Waals surface area contributed by atoms with Crippen LogP contribution in [0, 0.1) is 12.7 Å². The van der Waals surface area contributed by atoms with Gasteiger partial charge in [-0.25, -0.2) is 4.39 Å². The monoisotopic (exact) mass is 178 g/mol. The summed E-state index contributed by atoms with van der Waals surface area (Å²) in [5.41, 5.74) is 2.28. The number of hydrogen-bond acceptors (Lipinski definition) is 1. The summed E-state index contributed by atoms with van der Waals surface area (Å²) in [6.07, 6.45) is 2.30. The predicted octanol–water partition coefficient (Wildman–Crippen LogP) is 2.65. The highest BCUT2D eigenvalue weighted by Crippen LogP contribution is 2.25. The maximum atomic E-state index is 13.1. The summed E-state index contributed by atoms with van der Waals surface area (Å²) < 4.78 is 13.1.